The van der Waals surface area contributed by atoms with Crippen molar-refractivity contribution in [1.82, 2.24) is 0 Å². The van der Waals surface area contributed by atoms with Gasteiger partial charge in [0.1, 0.15) is 6.26 Å². The Balaban J connectivity index is 3.25. The van der Waals surface area contributed by atoms with Crippen molar-refractivity contribution in [2.24, 2.45) is 0 Å². The van der Waals surface area contributed by atoms with Crippen LogP contribution in [-0.4, -0.2) is 12.8 Å². The van der Waals surface area contributed by atoms with Crippen LogP contribution in [0.5, 0.6) is 0 Å². The maximum atomic E-state index is 12.3. The van der Waals surface area contributed by atoms with Crippen LogP contribution in [0.25, 0.3) is 0 Å². The molecule has 0 aliphatic rings. The van der Waals surface area contributed by atoms with Crippen molar-refractivity contribution < 1.29 is 22.3 Å². The van der Waals surface area contributed by atoms with Crippen LogP contribution in [0.1, 0.15) is 71.1 Å². The lowest BCUT2D eigenvalue weighted by atomic mass is 10.1. The Morgan fingerprint density at radius 3 is 1.75 bits per heavy atom. The highest BCUT2D eigenvalue weighted by Crippen LogP contribution is 2.26. The van der Waals surface area contributed by atoms with Crippen LogP contribution in [0.15, 0.2) is 12.1 Å². The number of rotatable bonds is 12. The summed E-state index contributed by atoms with van der Waals surface area (Å²) in [5, 5.41) is 0. The molecule has 0 heterocycles. The molecule has 0 aromatic carbocycles. The molecular weight excluding hydrogens is 272 g/mol. The molecule has 0 fully saturated rings. The van der Waals surface area contributed by atoms with Gasteiger partial charge >= 0.3 is 6.18 Å². The minimum atomic E-state index is -4.93. The molecule has 120 valence electrons. The summed E-state index contributed by atoms with van der Waals surface area (Å²) in [7, 11) is 0. The highest BCUT2D eigenvalue weighted by Gasteiger charge is 2.35. The lowest BCUT2D eigenvalue weighted by molar-refractivity contribution is -0.111. The molecule has 0 saturated heterocycles. The smallest absolute Gasteiger partial charge is 0.446 e. The summed E-state index contributed by atoms with van der Waals surface area (Å²) in [6.07, 6.45) is 6.65. The van der Waals surface area contributed by atoms with Crippen LogP contribution in [0.3, 0.4) is 0 Å². The van der Waals surface area contributed by atoms with E-state index in [0.717, 1.165) is 19.3 Å². The van der Waals surface area contributed by atoms with E-state index in [-0.39, 0.29) is 12.9 Å². The van der Waals surface area contributed by atoms with Gasteiger partial charge in [0.15, 0.2) is 0 Å². The molecule has 0 aliphatic heterocycles. The molecule has 0 aliphatic carbocycles. The predicted octanol–water partition coefficient (Wildman–Crippen LogP) is 6.30. The summed E-state index contributed by atoms with van der Waals surface area (Å²) >= 11 is 0. The first-order valence-corrected chi connectivity index (χ1v) is 7.53. The van der Waals surface area contributed by atoms with Crippen LogP contribution in [0, 0.1) is 0 Å². The Morgan fingerprint density at radius 1 is 0.850 bits per heavy atom. The van der Waals surface area contributed by atoms with E-state index in [2.05, 4.69) is 11.7 Å². The normalized spacial score (nSPS) is 12.8. The minimum Gasteiger partial charge on any atom is -0.498 e. The molecule has 0 rings (SSSR count). The first-order valence-electron chi connectivity index (χ1n) is 7.53. The molecule has 5 heteroatoms. The van der Waals surface area contributed by atoms with E-state index in [9.17, 15) is 17.6 Å². The van der Waals surface area contributed by atoms with Crippen LogP contribution < -0.4 is 0 Å². The van der Waals surface area contributed by atoms with Crippen LogP contribution in [-0.2, 0) is 4.74 Å². The van der Waals surface area contributed by atoms with Gasteiger partial charge in [0.05, 0.1) is 6.61 Å². The molecule has 0 aromatic rings. The van der Waals surface area contributed by atoms with Gasteiger partial charge in [0, 0.05) is 0 Å². The topological polar surface area (TPSA) is 9.23 Å². The van der Waals surface area contributed by atoms with Gasteiger partial charge < -0.3 is 4.74 Å². The van der Waals surface area contributed by atoms with E-state index >= 15 is 0 Å². The molecule has 20 heavy (non-hydrogen) atoms. The fraction of sp³-hybridized carbons (Fsp3) is 0.867. The van der Waals surface area contributed by atoms with Gasteiger partial charge in [-0.05, 0) is 6.42 Å². The molecular formula is C15H26F4O. The third-order valence-electron chi connectivity index (χ3n) is 3.07. The van der Waals surface area contributed by atoms with E-state index in [0.29, 0.717) is 6.42 Å². The fourth-order valence-corrected chi connectivity index (χ4v) is 1.87. The summed E-state index contributed by atoms with van der Waals surface area (Å²) in [6.45, 7) is 2.33. The second-order valence-electron chi connectivity index (χ2n) is 5.02. The number of alkyl halides is 3. The van der Waals surface area contributed by atoms with Gasteiger partial charge in [0.2, 0.25) is 5.83 Å². The van der Waals surface area contributed by atoms with E-state index in [4.69, 9.17) is 0 Å². The molecule has 0 N–H and O–H groups in total. The maximum Gasteiger partial charge on any atom is 0.446 e. The van der Waals surface area contributed by atoms with Gasteiger partial charge in [-0.1, -0.05) is 64.7 Å². The average Bonchev–Trinajstić information content (AvgIpc) is 2.38. The third-order valence-corrected chi connectivity index (χ3v) is 3.07. The number of hydrogen-bond acceptors (Lipinski definition) is 1. The number of ether oxygens (including phenoxy) is 1. The zero-order valence-corrected chi connectivity index (χ0v) is 12.3. The van der Waals surface area contributed by atoms with Gasteiger partial charge in [-0.25, -0.2) is 0 Å². The van der Waals surface area contributed by atoms with E-state index in [1.165, 1.54) is 38.5 Å². The molecule has 0 atom stereocenters. The first-order chi connectivity index (χ1) is 9.48. The van der Waals surface area contributed by atoms with Crippen molar-refractivity contribution in [2.45, 2.75) is 77.3 Å². The molecule has 0 aromatic heterocycles. The van der Waals surface area contributed by atoms with Crippen molar-refractivity contribution in [2.75, 3.05) is 6.61 Å². The average molecular weight is 298 g/mol. The Bertz CT molecular complexity index is 249. The standard InChI is InChI=1S/C15H26F4O/c1-2-3-4-5-6-7-8-9-10-11-12-20-13-14(16)15(17,18)19/h13H,2-12H2,1H3. The van der Waals surface area contributed by atoms with Crippen molar-refractivity contribution >= 4 is 0 Å². The van der Waals surface area contributed by atoms with Crippen molar-refractivity contribution in [3.8, 4) is 0 Å². The van der Waals surface area contributed by atoms with Gasteiger partial charge in [-0.15, -0.1) is 0 Å². The number of halogens is 4. The van der Waals surface area contributed by atoms with Crippen LogP contribution in [0.4, 0.5) is 17.6 Å². The van der Waals surface area contributed by atoms with E-state index in [1.807, 2.05) is 0 Å². The first kappa shape index (κ1) is 19.3. The second-order valence-corrected chi connectivity index (χ2v) is 5.02. The third kappa shape index (κ3) is 12.3. The summed E-state index contributed by atoms with van der Waals surface area (Å²) in [5.41, 5.74) is 0. The Hall–Kier alpha value is -0.740. The Kier molecular flexibility index (Phi) is 11.6. The molecule has 0 bridgehead atoms. The lowest BCUT2D eigenvalue weighted by Gasteiger charge is -2.04. The van der Waals surface area contributed by atoms with Gasteiger partial charge in [-0.2, -0.15) is 17.6 Å². The summed E-state index contributed by atoms with van der Waals surface area (Å²) in [6, 6.07) is 0. The maximum absolute atomic E-state index is 12.3. The van der Waals surface area contributed by atoms with Crippen molar-refractivity contribution in [3.05, 3.63) is 12.1 Å². The summed E-state index contributed by atoms with van der Waals surface area (Å²) in [5.74, 6) is -2.18. The minimum absolute atomic E-state index is 0.139. The SMILES string of the molecule is CCCCCCCCCCCCOC=C(F)C(F)(F)F. The quantitative estimate of drug-likeness (QED) is 0.233. The van der Waals surface area contributed by atoms with Crippen LogP contribution in [0.2, 0.25) is 0 Å². The second kappa shape index (κ2) is 12.0. The summed E-state index contributed by atoms with van der Waals surface area (Å²) < 4.78 is 52.1. The molecule has 0 amide bonds. The van der Waals surface area contributed by atoms with E-state index in [1.54, 1.807) is 0 Å². The van der Waals surface area contributed by atoms with Crippen molar-refractivity contribution in [1.29, 1.82) is 0 Å². The lowest BCUT2D eigenvalue weighted by Crippen LogP contribution is -2.08. The van der Waals surface area contributed by atoms with Crippen molar-refractivity contribution in [3.63, 3.8) is 0 Å². The summed E-state index contributed by atoms with van der Waals surface area (Å²) in [4.78, 5) is 0. The molecule has 0 saturated carbocycles. The molecule has 1 nitrogen and oxygen atoms in total. The van der Waals surface area contributed by atoms with E-state index < -0.39 is 12.0 Å². The number of hydrogen-bond donors (Lipinski definition) is 0. The molecule has 0 spiro atoms. The van der Waals surface area contributed by atoms with Gasteiger partial charge in [-0.3, -0.25) is 0 Å². The Morgan fingerprint density at radius 2 is 1.30 bits per heavy atom. The van der Waals surface area contributed by atoms with Gasteiger partial charge in [0.25, 0.3) is 0 Å². The molecule has 0 radical (unpaired) electrons. The predicted molar refractivity (Wildman–Crippen MR) is 73.0 cm³/mol. The van der Waals surface area contributed by atoms with Crippen LogP contribution >= 0.6 is 0 Å². The zero-order valence-electron chi connectivity index (χ0n) is 12.3. The highest BCUT2D eigenvalue weighted by atomic mass is 19.4. The monoisotopic (exact) mass is 298 g/mol. The number of unbranched alkanes of at least 4 members (excludes halogenated alkanes) is 9. The highest BCUT2D eigenvalue weighted by molar-refractivity contribution is 4.93. The largest absolute Gasteiger partial charge is 0.498 e. The number of allylic oxidation sites excluding steroid dienone is 1. The zero-order chi connectivity index (χ0) is 15.3. The Labute approximate surface area is 119 Å². The fourth-order valence-electron chi connectivity index (χ4n) is 1.87. The molecule has 0 unspecified atom stereocenters.